The van der Waals surface area contributed by atoms with Gasteiger partial charge in [0.25, 0.3) is 0 Å². The van der Waals surface area contributed by atoms with E-state index in [0.717, 1.165) is 36.7 Å². The van der Waals surface area contributed by atoms with E-state index < -0.39 is 0 Å². The van der Waals surface area contributed by atoms with Crippen molar-refractivity contribution in [1.29, 1.82) is 0 Å². The molecule has 1 aliphatic rings. The molecule has 2 N–H and O–H groups in total. The van der Waals surface area contributed by atoms with Gasteiger partial charge in [-0.25, -0.2) is 0 Å². The van der Waals surface area contributed by atoms with Crippen LogP contribution in [0.5, 0.6) is 11.5 Å². The van der Waals surface area contributed by atoms with Crippen LogP contribution >= 0.6 is 0 Å². The fourth-order valence-corrected chi connectivity index (χ4v) is 2.44. The van der Waals surface area contributed by atoms with Gasteiger partial charge >= 0.3 is 0 Å². The lowest BCUT2D eigenvalue weighted by Crippen LogP contribution is -2.41. The molecule has 1 fully saturated rings. The molecule has 0 unspecified atom stereocenters. The summed E-state index contributed by atoms with van der Waals surface area (Å²) in [6, 6.07) is 7.95. The highest BCUT2D eigenvalue weighted by Gasteiger charge is 2.22. The van der Waals surface area contributed by atoms with Gasteiger partial charge in [-0.05, 0) is 43.5 Å². The van der Waals surface area contributed by atoms with Gasteiger partial charge in [-0.1, -0.05) is 0 Å². The number of likely N-dealkylation sites (N-methyl/N-ethyl adjacent to an activating group) is 1. The highest BCUT2D eigenvalue weighted by atomic mass is 16.5. The first-order valence-electron chi connectivity index (χ1n) is 9.10. The van der Waals surface area contributed by atoms with Crippen molar-refractivity contribution in [1.82, 2.24) is 15.5 Å². The number of methoxy groups -OCH3 is 1. The molecule has 7 heteroatoms. The Labute approximate surface area is 155 Å². The van der Waals surface area contributed by atoms with Gasteiger partial charge in [0, 0.05) is 33.1 Å². The van der Waals surface area contributed by atoms with Gasteiger partial charge in [-0.15, -0.1) is 0 Å². The smallest absolute Gasteiger partial charge is 0.220 e. The van der Waals surface area contributed by atoms with E-state index in [4.69, 9.17) is 9.47 Å². The summed E-state index contributed by atoms with van der Waals surface area (Å²) in [6.45, 7) is 1.97. The van der Waals surface area contributed by atoms with Crippen LogP contribution in [0.3, 0.4) is 0 Å². The third-order valence-electron chi connectivity index (χ3n) is 4.13. The quantitative estimate of drug-likeness (QED) is 0.376. The average Bonchev–Trinajstić information content (AvgIpc) is 3.46. The Balaban J connectivity index is 1.60. The van der Waals surface area contributed by atoms with Crippen molar-refractivity contribution < 1.29 is 14.3 Å². The number of carbonyl (C=O) groups excluding carboxylic acids is 1. The molecule has 0 saturated heterocycles. The minimum absolute atomic E-state index is 0.144. The lowest BCUT2D eigenvalue weighted by Gasteiger charge is -2.22. The highest BCUT2D eigenvalue weighted by Crippen LogP contribution is 2.18. The lowest BCUT2D eigenvalue weighted by atomic mass is 10.3. The molecule has 7 nitrogen and oxygen atoms in total. The maximum Gasteiger partial charge on any atom is 0.220 e. The number of carbonyl (C=O) groups is 1. The predicted octanol–water partition coefficient (Wildman–Crippen LogP) is 1.64. The second kappa shape index (κ2) is 10.5. The zero-order valence-corrected chi connectivity index (χ0v) is 16.0. The monoisotopic (exact) mass is 362 g/mol. The lowest BCUT2D eigenvalue weighted by molar-refractivity contribution is -0.121. The Kier molecular flexibility index (Phi) is 8.05. The van der Waals surface area contributed by atoms with Crippen LogP contribution in [-0.2, 0) is 4.79 Å². The molecular formula is C19H30N4O3. The van der Waals surface area contributed by atoms with E-state index in [0.29, 0.717) is 32.2 Å². The van der Waals surface area contributed by atoms with Crippen molar-refractivity contribution in [3.05, 3.63) is 24.3 Å². The molecule has 0 heterocycles. The summed E-state index contributed by atoms with van der Waals surface area (Å²) in [4.78, 5) is 17.9. The van der Waals surface area contributed by atoms with E-state index in [2.05, 4.69) is 15.6 Å². The third-order valence-corrected chi connectivity index (χ3v) is 4.13. The van der Waals surface area contributed by atoms with Crippen LogP contribution in [0, 0.1) is 0 Å². The van der Waals surface area contributed by atoms with Crippen LogP contribution in [-0.4, -0.2) is 63.7 Å². The van der Waals surface area contributed by atoms with Gasteiger partial charge in [0.15, 0.2) is 5.96 Å². The Bertz CT molecular complexity index is 585. The molecule has 0 atom stereocenters. The van der Waals surface area contributed by atoms with E-state index in [1.165, 1.54) is 0 Å². The number of ether oxygens (including phenoxy) is 2. The second-order valence-corrected chi connectivity index (χ2v) is 6.36. The normalized spacial score (nSPS) is 13.9. The minimum atomic E-state index is 0.144. The number of amides is 1. The number of hydrogen-bond donors (Lipinski definition) is 2. The Hall–Kier alpha value is -2.44. The molecule has 1 aliphatic carbocycles. The van der Waals surface area contributed by atoms with Gasteiger partial charge in [0.1, 0.15) is 18.1 Å². The number of guanidine groups is 1. The van der Waals surface area contributed by atoms with Gasteiger partial charge < -0.3 is 25.0 Å². The first-order valence-corrected chi connectivity index (χ1v) is 9.10. The van der Waals surface area contributed by atoms with Crippen LogP contribution in [0.2, 0.25) is 0 Å². The molecule has 26 heavy (non-hydrogen) atoms. The van der Waals surface area contributed by atoms with Crippen LogP contribution in [0.25, 0.3) is 0 Å². The summed E-state index contributed by atoms with van der Waals surface area (Å²) < 4.78 is 10.9. The number of nitrogens with one attached hydrogen (secondary N) is 2. The van der Waals surface area contributed by atoms with Crippen molar-refractivity contribution >= 4 is 11.9 Å². The first-order chi connectivity index (χ1) is 12.6. The van der Waals surface area contributed by atoms with Crippen molar-refractivity contribution in [3.63, 3.8) is 0 Å². The van der Waals surface area contributed by atoms with Crippen LogP contribution < -0.4 is 20.1 Å². The van der Waals surface area contributed by atoms with Crippen LogP contribution in [0.1, 0.15) is 25.7 Å². The summed E-state index contributed by atoms with van der Waals surface area (Å²) in [5.74, 6) is 2.56. The molecule has 1 saturated carbocycles. The van der Waals surface area contributed by atoms with E-state index in [-0.39, 0.29) is 5.91 Å². The number of nitrogens with zero attached hydrogens (tertiary/aromatic N) is 2. The molecule has 0 aromatic heterocycles. The molecule has 0 bridgehead atoms. The van der Waals surface area contributed by atoms with E-state index >= 15 is 0 Å². The molecule has 1 amide bonds. The van der Waals surface area contributed by atoms with Crippen molar-refractivity contribution in [2.24, 2.45) is 4.99 Å². The number of hydrogen-bond acceptors (Lipinski definition) is 4. The first kappa shape index (κ1) is 19.9. The molecule has 0 spiro atoms. The van der Waals surface area contributed by atoms with Gasteiger partial charge in [0.2, 0.25) is 5.91 Å². The summed E-state index contributed by atoms with van der Waals surface area (Å²) in [6.07, 6.45) is 3.58. The zero-order chi connectivity index (χ0) is 18.8. The van der Waals surface area contributed by atoms with Crippen molar-refractivity contribution in [2.75, 3.05) is 40.9 Å². The third kappa shape index (κ3) is 7.21. The maximum atomic E-state index is 11.7. The largest absolute Gasteiger partial charge is 0.497 e. The number of rotatable bonds is 10. The van der Waals surface area contributed by atoms with E-state index in [1.54, 1.807) is 14.2 Å². The summed E-state index contributed by atoms with van der Waals surface area (Å²) in [5.41, 5.74) is 0. The standard InChI is InChI=1S/C19H30N4O3/c1-20-19(21-12-4-5-18(24)22-15-6-7-15)23(2)13-14-26-17-10-8-16(25-3)9-11-17/h8-11,15H,4-7,12-14H2,1-3H3,(H,20,21)(H,22,24). The van der Waals surface area contributed by atoms with E-state index in [1.807, 2.05) is 36.2 Å². The summed E-state index contributed by atoms with van der Waals surface area (Å²) in [7, 11) is 5.36. The average molecular weight is 362 g/mol. The van der Waals surface area contributed by atoms with Gasteiger partial charge in [0.05, 0.1) is 13.7 Å². The Morgan fingerprint density at radius 3 is 2.58 bits per heavy atom. The topological polar surface area (TPSA) is 75.2 Å². The van der Waals surface area contributed by atoms with Crippen LogP contribution in [0.15, 0.2) is 29.3 Å². The molecule has 0 radical (unpaired) electrons. The molecule has 144 valence electrons. The maximum absolute atomic E-state index is 11.7. The minimum Gasteiger partial charge on any atom is -0.497 e. The van der Waals surface area contributed by atoms with Gasteiger partial charge in [-0.3, -0.25) is 9.79 Å². The fraction of sp³-hybridized carbons (Fsp3) is 0.579. The van der Waals surface area contributed by atoms with Crippen LogP contribution in [0.4, 0.5) is 0 Å². The van der Waals surface area contributed by atoms with Gasteiger partial charge in [-0.2, -0.15) is 0 Å². The SMILES string of the molecule is CN=C(NCCCC(=O)NC1CC1)N(C)CCOc1ccc(OC)cc1. The zero-order valence-electron chi connectivity index (χ0n) is 16.0. The van der Waals surface area contributed by atoms with Crippen molar-refractivity contribution in [2.45, 2.75) is 31.7 Å². The Morgan fingerprint density at radius 1 is 1.27 bits per heavy atom. The van der Waals surface area contributed by atoms with Crippen molar-refractivity contribution in [3.8, 4) is 11.5 Å². The molecule has 0 aliphatic heterocycles. The number of benzene rings is 1. The summed E-state index contributed by atoms with van der Waals surface area (Å²) in [5, 5.41) is 6.28. The Morgan fingerprint density at radius 2 is 1.96 bits per heavy atom. The predicted molar refractivity (Wildman–Crippen MR) is 103 cm³/mol. The molecule has 2 rings (SSSR count). The highest BCUT2D eigenvalue weighted by molar-refractivity contribution is 5.80. The van der Waals surface area contributed by atoms with E-state index in [9.17, 15) is 4.79 Å². The second-order valence-electron chi connectivity index (χ2n) is 6.36. The molecular weight excluding hydrogens is 332 g/mol. The molecule has 1 aromatic carbocycles. The molecule has 1 aromatic rings. The summed E-state index contributed by atoms with van der Waals surface area (Å²) >= 11 is 0. The fourth-order valence-electron chi connectivity index (χ4n) is 2.44. The number of aliphatic imine (C=N–C) groups is 1.